The van der Waals surface area contributed by atoms with Gasteiger partial charge >= 0.3 is 0 Å². The Hall–Kier alpha value is -1.99. The van der Waals surface area contributed by atoms with Gasteiger partial charge in [-0.25, -0.2) is 13.5 Å². The van der Waals surface area contributed by atoms with Gasteiger partial charge in [-0.2, -0.15) is 5.10 Å². The maximum atomic E-state index is 11.9. The fourth-order valence-corrected chi connectivity index (χ4v) is 5.01. The highest BCUT2D eigenvalue weighted by Gasteiger charge is 2.21. The Kier molecular flexibility index (Phi) is 6.44. The molecule has 3 rings (SSSR count). The molecule has 0 saturated carbocycles. The molecule has 0 fully saturated rings. The Bertz CT molecular complexity index is 917. The number of hydrogen-bond acceptors (Lipinski definition) is 5. The highest BCUT2D eigenvalue weighted by Crippen LogP contribution is 2.27. The summed E-state index contributed by atoms with van der Waals surface area (Å²) in [6, 6.07) is 9.83. The lowest BCUT2D eigenvalue weighted by molar-refractivity contribution is 0.528. The minimum Gasteiger partial charge on any atom is -0.313 e. The van der Waals surface area contributed by atoms with Crippen molar-refractivity contribution in [2.75, 3.05) is 18.1 Å². The summed E-state index contributed by atoms with van der Waals surface area (Å²) in [6.07, 6.45) is 4.20. The van der Waals surface area contributed by atoms with Gasteiger partial charge in [-0.15, -0.1) is 0 Å². The lowest BCUT2D eigenvalue weighted by atomic mass is 10.0. The number of nitrogens with one attached hydrogen (secondary N) is 2. The second kappa shape index (κ2) is 8.80. The summed E-state index contributed by atoms with van der Waals surface area (Å²) < 4.78 is 23.8. The molecular formula is C20H27N3O3S. The van der Waals surface area contributed by atoms with Crippen molar-refractivity contribution in [2.24, 2.45) is 0 Å². The molecule has 2 aromatic rings. The average Bonchev–Trinajstić information content (AvgIpc) is 3.06. The Labute approximate surface area is 160 Å². The van der Waals surface area contributed by atoms with Crippen molar-refractivity contribution < 1.29 is 8.42 Å². The number of fused-ring (bicyclic) bond motifs is 1. The van der Waals surface area contributed by atoms with Crippen molar-refractivity contribution in [2.45, 2.75) is 45.1 Å². The topological polar surface area (TPSA) is 91.9 Å². The van der Waals surface area contributed by atoms with Crippen LogP contribution in [0.2, 0.25) is 0 Å². The van der Waals surface area contributed by atoms with Crippen LogP contribution in [-0.2, 0) is 22.7 Å². The van der Waals surface area contributed by atoms with Crippen molar-refractivity contribution in [1.82, 2.24) is 15.5 Å². The SMILES string of the molecule is CCCCS(=O)(=O)CCCNC1Cc2ccc(-c3ccc(=O)[nH]n3)cc2C1. The first-order valence-electron chi connectivity index (χ1n) is 9.58. The second-order valence-electron chi connectivity index (χ2n) is 7.21. The third-order valence-corrected chi connectivity index (χ3v) is 6.81. The van der Waals surface area contributed by atoms with E-state index in [9.17, 15) is 13.2 Å². The van der Waals surface area contributed by atoms with Gasteiger partial charge in [0.15, 0.2) is 0 Å². The van der Waals surface area contributed by atoms with Gasteiger partial charge in [0.1, 0.15) is 9.84 Å². The minimum absolute atomic E-state index is 0.208. The molecule has 0 saturated heterocycles. The number of sulfone groups is 1. The highest BCUT2D eigenvalue weighted by atomic mass is 32.2. The largest absolute Gasteiger partial charge is 0.313 e. The lowest BCUT2D eigenvalue weighted by Crippen LogP contribution is -2.31. The van der Waals surface area contributed by atoms with E-state index in [0.29, 0.717) is 18.2 Å². The quantitative estimate of drug-likeness (QED) is 0.641. The van der Waals surface area contributed by atoms with Crippen LogP contribution in [0.4, 0.5) is 0 Å². The van der Waals surface area contributed by atoms with Crippen LogP contribution >= 0.6 is 0 Å². The third kappa shape index (κ3) is 5.49. The Morgan fingerprint density at radius 2 is 1.89 bits per heavy atom. The molecule has 2 N–H and O–H groups in total. The molecule has 1 aliphatic carbocycles. The zero-order chi connectivity index (χ0) is 19.3. The fraction of sp³-hybridized carbons (Fsp3) is 0.500. The molecule has 1 heterocycles. The third-order valence-electron chi connectivity index (χ3n) is 4.99. The zero-order valence-electron chi connectivity index (χ0n) is 15.7. The predicted octanol–water partition coefficient (Wildman–Crippen LogP) is 2.10. The molecule has 27 heavy (non-hydrogen) atoms. The molecule has 1 aromatic carbocycles. The number of aromatic amines is 1. The first-order valence-corrected chi connectivity index (χ1v) is 11.4. The van der Waals surface area contributed by atoms with E-state index in [2.05, 4.69) is 27.6 Å². The number of rotatable bonds is 9. The fourth-order valence-electron chi connectivity index (χ4n) is 3.49. The number of unbranched alkanes of at least 4 members (excludes halogenated alkanes) is 1. The summed E-state index contributed by atoms with van der Waals surface area (Å²) in [6.45, 7) is 2.73. The van der Waals surface area contributed by atoms with Gasteiger partial charge in [0, 0.05) is 17.7 Å². The predicted molar refractivity (Wildman–Crippen MR) is 108 cm³/mol. The zero-order valence-corrected chi connectivity index (χ0v) is 16.5. The summed E-state index contributed by atoms with van der Waals surface area (Å²) in [7, 11) is -2.90. The normalized spacial score (nSPS) is 16.4. The van der Waals surface area contributed by atoms with E-state index in [1.54, 1.807) is 6.07 Å². The summed E-state index contributed by atoms with van der Waals surface area (Å²) in [5.74, 6) is 0.571. The van der Waals surface area contributed by atoms with E-state index in [-0.39, 0.29) is 11.3 Å². The summed E-state index contributed by atoms with van der Waals surface area (Å²) >= 11 is 0. The van der Waals surface area contributed by atoms with Gasteiger partial charge in [-0.1, -0.05) is 25.5 Å². The molecule has 1 atom stereocenters. The molecule has 0 radical (unpaired) electrons. The van der Waals surface area contributed by atoms with Crippen molar-refractivity contribution in [3.8, 4) is 11.3 Å². The molecule has 0 spiro atoms. The van der Waals surface area contributed by atoms with Crippen LogP contribution in [-0.4, -0.2) is 42.7 Å². The van der Waals surface area contributed by atoms with E-state index in [0.717, 1.165) is 43.5 Å². The molecule has 7 heteroatoms. The van der Waals surface area contributed by atoms with Gasteiger partial charge in [-0.05, 0) is 55.5 Å². The van der Waals surface area contributed by atoms with E-state index in [1.165, 1.54) is 17.2 Å². The van der Waals surface area contributed by atoms with Crippen LogP contribution in [0.3, 0.4) is 0 Å². The van der Waals surface area contributed by atoms with Crippen LogP contribution in [0.5, 0.6) is 0 Å². The van der Waals surface area contributed by atoms with E-state index < -0.39 is 9.84 Å². The Morgan fingerprint density at radius 1 is 1.11 bits per heavy atom. The highest BCUT2D eigenvalue weighted by molar-refractivity contribution is 7.91. The number of hydrogen-bond donors (Lipinski definition) is 2. The molecular weight excluding hydrogens is 362 g/mol. The van der Waals surface area contributed by atoms with Gasteiger partial charge in [0.25, 0.3) is 5.56 Å². The van der Waals surface area contributed by atoms with E-state index in [4.69, 9.17) is 0 Å². The molecule has 1 unspecified atom stereocenters. The van der Waals surface area contributed by atoms with Gasteiger partial charge in [0.05, 0.1) is 17.2 Å². The number of benzene rings is 1. The molecule has 0 bridgehead atoms. The summed E-state index contributed by atoms with van der Waals surface area (Å²) in [4.78, 5) is 11.2. The van der Waals surface area contributed by atoms with Gasteiger partial charge in [0.2, 0.25) is 0 Å². The Balaban J connectivity index is 1.51. The maximum absolute atomic E-state index is 11.9. The van der Waals surface area contributed by atoms with Crippen molar-refractivity contribution in [1.29, 1.82) is 0 Å². The molecule has 6 nitrogen and oxygen atoms in total. The van der Waals surface area contributed by atoms with E-state index >= 15 is 0 Å². The maximum Gasteiger partial charge on any atom is 0.264 e. The monoisotopic (exact) mass is 389 g/mol. The molecule has 0 amide bonds. The standard InChI is InChI=1S/C20H27N3O3S/c1-2-3-10-27(25,26)11-4-9-21-18-13-15-5-6-16(12-17(15)14-18)19-7-8-20(24)23-22-19/h5-8,12,18,21H,2-4,9-11,13-14H2,1H3,(H,23,24). The molecule has 1 aliphatic rings. The molecule has 0 aliphatic heterocycles. The van der Waals surface area contributed by atoms with Gasteiger partial charge in [-0.3, -0.25) is 4.79 Å². The summed E-state index contributed by atoms with van der Waals surface area (Å²) in [5.41, 5.74) is 4.14. The molecule has 1 aromatic heterocycles. The van der Waals surface area contributed by atoms with Crippen LogP contribution in [0, 0.1) is 0 Å². The van der Waals surface area contributed by atoms with Crippen LogP contribution < -0.4 is 10.9 Å². The smallest absolute Gasteiger partial charge is 0.264 e. The molecule has 146 valence electrons. The first kappa shape index (κ1) is 19.8. The Morgan fingerprint density at radius 3 is 2.63 bits per heavy atom. The minimum atomic E-state index is -2.90. The lowest BCUT2D eigenvalue weighted by Gasteiger charge is -2.11. The van der Waals surface area contributed by atoms with Crippen molar-refractivity contribution in [3.63, 3.8) is 0 Å². The van der Waals surface area contributed by atoms with Gasteiger partial charge < -0.3 is 5.32 Å². The average molecular weight is 390 g/mol. The first-order chi connectivity index (χ1) is 13.0. The van der Waals surface area contributed by atoms with Crippen molar-refractivity contribution >= 4 is 9.84 Å². The number of nitrogens with zero attached hydrogens (tertiary/aromatic N) is 1. The summed E-state index contributed by atoms with van der Waals surface area (Å²) in [5, 5.41) is 10.1. The van der Waals surface area contributed by atoms with Crippen LogP contribution in [0.15, 0.2) is 35.1 Å². The number of aromatic nitrogens is 2. The number of H-pyrrole nitrogens is 1. The second-order valence-corrected chi connectivity index (χ2v) is 9.51. The van der Waals surface area contributed by atoms with Crippen LogP contribution in [0.25, 0.3) is 11.3 Å². The van der Waals surface area contributed by atoms with Crippen molar-refractivity contribution in [3.05, 3.63) is 51.8 Å². The van der Waals surface area contributed by atoms with Crippen LogP contribution in [0.1, 0.15) is 37.3 Å². The van der Waals surface area contributed by atoms with E-state index in [1.807, 2.05) is 13.0 Å².